The van der Waals surface area contributed by atoms with E-state index < -0.39 is 0 Å². The minimum Gasteiger partial charge on any atom is -0.507 e. The molecule has 110 valence electrons. The van der Waals surface area contributed by atoms with Gasteiger partial charge in [-0.3, -0.25) is 4.79 Å². The Kier molecular flexibility index (Phi) is 3.80. The molecule has 2 N–H and O–H groups in total. The third kappa shape index (κ3) is 2.79. The van der Waals surface area contributed by atoms with E-state index in [9.17, 15) is 9.90 Å². The van der Waals surface area contributed by atoms with Gasteiger partial charge in [0.25, 0.3) is 0 Å². The largest absolute Gasteiger partial charge is 0.507 e. The Morgan fingerprint density at radius 3 is 2.86 bits per heavy atom. The number of phenols is 1. The molecule has 22 heavy (non-hydrogen) atoms. The number of amides is 1. The van der Waals surface area contributed by atoms with Crippen molar-refractivity contribution in [2.24, 2.45) is 10.2 Å². The molecule has 0 atom stereocenters. The maximum Gasteiger partial charge on any atom is 0.229 e. The first-order valence-corrected chi connectivity index (χ1v) is 7.36. The fourth-order valence-electron chi connectivity index (χ4n) is 2.11. The molecule has 0 radical (unpaired) electrons. The van der Waals surface area contributed by atoms with Crippen LogP contribution in [-0.4, -0.2) is 16.0 Å². The van der Waals surface area contributed by atoms with Crippen LogP contribution in [0, 0.1) is 0 Å². The number of benzene rings is 2. The van der Waals surface area contributed by atoms with Gasteiger partial charge < -0.3 is 10.4 Å². The monoisotopic (exact) mass is 312 g/mol. The Morgan fingerprint density at radius 2 is 2.14 bits per heavy atom. The lowest BCUT2D eigenvalue weighted by molar-refractivity contribution is -0.114. The van der Waals surface area contributed by atoms with Gasteiger partial charge in [-0.2, -0.15) is 0 Å². The second-order valence-corrected chi connectivity index (χ2v) is 5.40. The van der Waals surface area contributed by atoms with Gasteiger partial charge in [0.05, 0.1) is 11.4 Å². The number of azo groups is 1. The summed E-state index contributed by atoms with van der Waals surface area (Å²) in [7, 11) is 0. The highest BCUT2D eigenvalue weighted by molar-refractivity contribution is 7.13. The van der Waals surface area contributed by atoms with Crippen LogP contribution in [0.4, 0.5) is 16.5 Å². The lowest BCUT2D eigenvalue weighted by atomic mass is 10.1. The zero-order valence-corrected chi connectivity index (χ0v) is 12.5. The van der Waals surface area contributed by atoms with Crippen molar-refractivity contribution in [2.75, 3.05) is 5.32 Å². The number of carbonyl (C=O) groups is 1. The number of aromatic hydroxyl groups is 1. The number of nitrogens with zero attached hydrogens (tertiary/aromatic N) is 3. The summed E-state index contributed by atoms with van der Waals surface area (Å²) < 4.78 is 0. The van der Waals surface area contributed by atoms with Crippen molar-refractivity contribution >= 4 is 44.5 Å². The highest BCUT2D eigenvalue weighted by atomic mass is 32.1. The molecule has 1 amide bonds. The van der Waals surface area contributed by atoms with Crippen molar-refractivity contribution in [2.45, 2.75) is 6.92 Å². The highest BCUT2D eigenvalue weighted by Gasteiger charge is 2.10. The fraction of sp³-hybridized carbons (Fsp3) is 0.0667. The zero-order chi connectivity index (χ0) is 15.5. The standard InChI is InChI=1S/C15H12N4O2S/c1-9(20)17-11-4-2-3-10-13(21)6-5-12(14(10)11)18-19-15-16-7-8-22-15/h2-8,21H,1H3,(H,17,20)/b19-18+. The van der Waals surface area contributed by atoms with E-state index >= 15 is 0 Å². The first kappa shape index (κ1) is 14.2. The molecule has 0 aliphatic rings. The summed E-state index contributed by atoms with van der Waals surface area (Å²) in [5.41, 5.74) is 1.13. The molecule has 0 saturated carbocycles. The van der Waals surface area contributed by atoms with Crippen LogP contribution in [-0.2, 0) is 4.79 Å². The lowest BCUT2D eigenvalue weighted by Crippen LogP contribution is -2.06. The molecular weight excluding hydrogens is 300 g/mol. The van der Waals surface area contributed by atoms with E-state index in [4.69, 9.17) is 0 Å². The van der Waals surface area contributed by atoms with Gasteiger partial charge in [0.1, 0.15) is 5.75 Å². The highest BCUT2D eigenvalue weighted by Crippen LogP contribution is 2.38. The maximum atomic E-state index is 11.4. The van der Waals surface area contributed by atoms with Crippen LogP contribution in [0.25, 0.3) is 10.8 Å². The second kappa shape index (κ2) is 5.90. The number of rotatable bonds is 3. The SMILES string of the molecule is CC(=O)Nc1cccc2c(O)ccc(/N=N/c3nccs3)c12. The Labute approximate surface area is 130 Å². The molecular formula is C15H12N4O2S. The minimum absolute atomic E-state index is 0.121. The van der Waals surface area contributed by atoms with Crippen LogP contribution in [0.1, 0.15) is 6.92 Å². The molecule has 1 aromatic heterocycles. The third-order valence-electron chi connectivity index (χ3n) is 2.97. The van der Waals surface area contributed by atoms with E-state index in [1.807, 2.05) is 5.38 Å². The molecule has 3 aromatic rings. The van der Waals surface area contributed by atoms with E-state index in [0.29, 0.717) is 27.3 Å². The molecule has 0 fully saturated rings. The summed E-state index contributed by atoms with van der Waals surface area (Å²) in [5, 5.41) is 24.6. The summed E-state index contributed by atoms with van der Waals surface area (Å²) >= 11 is 1.37. The summed E-state index contributed by atoms with van der Waals surface area (Å²) in [6, 6.07) is 8.48. The van der Waals surface area contributed by atoms with E-state index in [-0.39, 0.29) is 11.7 Å². The minimum atomic E-state index is -0.196. The van der Waals surface area contributed by atoms with Crippen LogP contribution in [0.5, 0.6) is 5.75 Å². The van der Waals surface area contributed by atoms with E-state index in [1.165, 1.54) is 18.3 Å². The molecule has 0 spiro atoms. The molecule has 7 heteroatoms. The Bertz CT molecular complexity index is 859. The van der Waals surface area contributed by atoms with E-state index in [0.717, 1.165) is 0 Å². The molecule has 6 nitrogen and oxygen atoms in total. The van der Waals surface area contributed by atoms with Crippen molar-refractivity contribution < 1.29 is 9.90 Å². The third-order valence-corrected chi connectivity index (χ3v) is 3.62. The first-order chi connectivity index (χ1) is 10.6. The van der Waals surface area contributed by atoms with Crippen LogP contribution < -0.4 is 5.32 Å². The summed E-state index contributed by atoms with van der Waals surface area (Å²) in [4.78, 5) is 15.4. The number of nitrogens with one attached hydrogen (secondary N) is 1. The molecule has 0 bridgehead atoms. The van der Waals surface area contributed by atoms with Gasteiger partial charge in [-0.05, 0) is 18.2 Å². The molecule has 2 aromatic carbocycles. The molecule has 0 unspecified atom stereocenters. The summed E-state index contributed by atoms with van der Waals surface area (Å²) in [5.74, 6) is -0.0749. The van der Waals surface area contributed by atoms with Gasteiger partial charge >= 0.3 is 0 Å². The molecule has 1 heterocycles. The van der Waals surface area contributed by atoms with Crippen LogP contribution in [0.15, 0.2) is 52.1 Å². The molecule has 0 aliphatic heterocycles. The molecule has 3 rings (SSSR count). The number of carbonyl (C=O) groups excluding carboxylic acids is 1. The quantitative estimate of drug-likeness (QED) is 0.704. The van der Waals surface area contributed by atoms with E-state index in [2.05, 4.69) is 20.5 Å². The van der Waals surface area contributed by atoms with Gasteiger partial charge in [0, 0.05) is 29.3 Å². The Balaban J connectivity index is 2.17. The van der Waals surface area contributed by atoms with Crippen molar-refractivity contribution in [1.29, 1.82) is 0 Å². The number of aromatic nitrogens is 1. The fourth-order valence-corrected chi connectivity index (χ4v) is 2.56. The Morgan fingerprint density at radius 1 is 1.27 bits per heavy atom. The maximum absolute atomic E-state index is 11.4. The predicted octanol–water partition coefficient (Wildman–Crippen LogP) is 4.38. The zero-order valence-electron chi connectivity index (χ0n) is 11.6. The van der Waals surface area contributed by atoms with Gasteiger partial charge in [-0.1, -0.05) is 12.1 Å². The van der Waals surface area contributed by atoms with E-state index in [1.54, 1.807) is 36.5 Å². The lowest BCUT2D eigenvalue weighted by Gasteiger charge is -2.10. The number of anilines is 1. The molecule has 0 aliphatic carbocycles. The molecule has 0 saturated heterocycles. The second-order valence-electron chi connectivity index (χ2n) is 4.53. The number of fused-ring (bicyclic) bond motifs is 1. The van der Waals surface area contributed by atoms with Crippen molar-refractivity contribution in [3.8, 4) is 5.75 Å². The number of phenolic OH excluding ortho intramolecular Hbond substituents is 1. The topological polar surface area (TPSA) is 86.9 Å². The average molecular weight is 312 g/mol. The Hall–Kier alpha value is -2.80. The van der Waals surface area contributed by atoms with Crippen molar-refractivity contribution in [3.05, 3.63) is 41.9 Å². The van der Waals surface area contributed by atoms with Gasteiger partial charge in [-0.15, -0.1) is 21.6 Å². The van der Waals surface area contributed by atoms with Crippen molar-refractivity contribution in [1.82, 2.24) is 4.98 Å². The number of hydrogen-bond acceptors (Lipinski definition) is 6. The van der Waals surface area contributed by atoms with Crippen LogP contribution >= 0.6 is 11.3 Å². The predicted molar refractivity (Wildman–Crippen MR) is 86.2 cm³/mol. The summed E-state index contributed by atoms with van der Waals surface area (Å²) in [6.07, 6.45) is 1.65. The summed E-state index contributed by atoms with van der Waals surface area (Å²) in [6.45, 7) is 1.43. The van der Waals surface area contributed by atoms with Gasteiger partial charge in [-0.25, -0.2) is 4.98 Å². The average Bonchev–Trinajstić information content (AvgIpc) is 3.00. The van der Waals surface area contributed by atoms with Crippen LogP contribution in [0.2, 0.25) is 0 Å². The van der Waals surface area contributed by atoms with Gasteiger partial charge in [0.15, 0.2) is 0 Å². The smallest absolute Gasteiger partial charge is 0.229 e. The normalized spacial score (nSPS) is 11.1. The van der Waals surface area contributed by atoms with Crippen molar-refractivity contribution in [3.63, 3.8) is 0 Å². The van der Waals surface area contributed by atoms with Crippen LogP contribution in [0.3, 0.4) is 0 Å². The first-order valence-electron chi connectivity index (χ1n) is 6.48. The van der Waals surface area contributed by atoms with Gasteiger partial charge in [0.2, 0.25) is 11.0 Å². The number of hydrogen-bond donors (Lipinski definition) is 2. The number of thiazole rings is 1.